The molecule has 0 aliphatic rings. The normalized spacial score (nSPS) is 10.8. The molecule has 1 heterocycles. The van der Waals surface area contributed by atoms with Crippen LogP contribution in [0.4, 0.5) is 0 Å². The molecule has 8 nitrogen and oxygen atoms in total. The summed E-state index contributed by atoms with van der Waals surface area (Å²) >= 11 is 1.44. The first-order valence-electron chi connectivity index (χ1n) is 10.7. The Morgan fingerprint density at radius 2 is 1.91 bits per heavy atom. The highest BCUT2D eigenvalue weighted by atomic mass is 32.2. The minimum Gasteiger partial charge on any atom is -0.493 e. The second kappa shape index (κ2) is 12.1. The second-order valence-electron chi connectivity index (χ2n) is 7.36. The van der Waals surface area contributed by atoms with Gasteiger partial charge in [-0.3, -0.25) is 14.2 Å². The minimum atomic E-state index is -0.421. The maximum Gasteiger partial charge on any atom is 0.337 e. The maximum atomic E-state index is 13.1. The first-order valence-corrected chi connectivity index (χ1v) is 11.7. The zero-order valence-corrected chi connectivity index (χ0v) is 19.3. The first kappa shape index (κ1) is 24.3. The molecule has 0 aliphatic carbocycles. The molecule has 0 atom stereocenters. The maximum absolute atomic E-state index is 13.1. The molecule has 9 heteroatoms. The Bertz CT molecular complexity index is 1180. The van der Waals surface area contributed by atoms with Gasteiger partial charge in [-0.25, -0.2) is 9.78 Å². The van der Waals surface area contributed by atoms with E-state index in [-0.39, 0.29) is 11.5 Å². The molecule has 3 aromatic rings. The molecular formula is C24H27N3O5S. The van der Waals surface area contributed by atoms with Gasteiger partial charge < -0.3 is 15.2 Å². The fourth-order valence-electron chi connectivity index (χ4n) is 3.32. The number of ether oxygens (including phenoxy) is 2. The van der Waals surface area contributed by atoms with Crippen LogP contribution >= 0.6 is 11.8 Å². The number of carbonyl (C=O) groups is 2. The molecule has 0 bridgehead atoms. The van der Waals surface area contributed by atoms with Gasteiger partial charge in [-0.15, -0.1) is 0 Å². The highest BCUT2D eigenvalue weighted by Gasteiger charge is 2.12. The Kier molecular flexibility index (Phi) is 8.88. The molecule has 33 heavy (non-hydrogen) atoms. The van der Waals surface area contributed by atoms with Gasteiger partial charge in [0.05, 0.1) is 30.2 Å². The number of primary amides is 1. The smallest absolute Gasteiger partial charge is 0.337 e. The number of unbranched alkanes of at least 4 members (excludes halogenated alkanes) is 2. The number of nitrogens with zero attached hydrogens (tertiary/aromatic N) is 2. The molecule has 1 amide bonds. The third-order valence-electron chi connectivity index (χ3n) is 4.97. The van der Waals surface area contributed by atoms with Gasteiger partial charge in [0.2, 0.25) is 5.91 Å². The van der Waals surface area contributed by atoms with Crippen LogP contribution in [-0.4, -0.2) is 40.9 Å². The molecule has 0 fully saturated rings. The summed E-state index contributed by atoms with van der Waals surface area (Å²) in [5, 5.41) is 1.20. The highest BCUT2D eigenvalue weighted by Crippen LogP contribution is 2.20. The van der Waals surface area contributed by atoms with Crippen LogP contribution in [0.3, 0.4) is 0 Å². The molecule has 0 saturated carbocycles. The van der Waals surface area contributed by atoms with Gasteiger partial charge in [0.15, 0.2) is 5.16 Å². The van der Waals surface area contributed by atoms with Crippen LogP contribution in [0, 0.1) is 0 Å². The Morgan fingerprint density at radius 1 is 1.09 bits per heavy atom. The summed E-state index contributed by atoms with van der Waals surface area (Å²) in [4.78, 5) is 40.4. The van der Waals surface area contributed by atoms with Crippen molar-refractivity contribution in [3.8, 4) is 5.75 Å². The molecule has 174 valence electrons. The molecule has 2 aromatic carbocycles. The van der Waals surface area contributed by atoms with Crippen LogP contribution in [-0.2, 0) is 16.1 Å². The van der Waals surface area contributed by atoms with E-state index in [1.165, 1.54) is 18.9 Å². The van der Waals surface area contributed by atoms with Gasteiger partial charge >= 0.3 is 5.97 Å². The van der Waals surface area contributed by atoms with Crippen molar-refractivity contribution in [1.29, 1.82) is 0 Å². The quantitative estimate of drug-likeness (QED) is 0.187. The number of methoxy groups -OCH3 is 1. The van der Waals surface area contributed by atoms with Crippen LogP contribution in [0.25, 0.3) is 10.9 Å². The number of thioether (sulfide) groups is 1. The van der Waals surface area contributed by atoms with Crippen LogP contribution in [0.1, 0.15) is 36.0 Å². The molecule has 2 N–H and O–H groups in total. The lowest BCUT2D eigenvalue weighted by Gasteiger charge is -2.13. The van der Waals surface area contributed by atoms with E-state index in [4.69, 9.17) is 20.2 Å². The number of amides is 1. The number of fused-ring (bicyclic) bond motifs is 1. The molecule has 0 saturated heterocycles. The zero-order chi connectivity index (χ0) is 23.6. The molecule has 0 radical (unpaired) electrons. The van der Waals surface area contributed by atoms with E-state index in [9.17, 15) is 14.4 Å². The number of hydrogen-bond donors (Lipinski definition) is 1. The van der Waals surface area contributed by atoms with Gasteiger partial charge in [-0.2, -0.15) is 0 Å². The van der Waals surface area contributed by atoms with Crippen molar-refractivity contribution in [2.75, 3.05) is 19.5 Å². The summed E-state index contributed by atoms with van der Waals surface area (Å²) in [7, 11) is 1.33. The van der Waals surface area contributed by atoms with Crippen LogP contribution in [0.15, 0.2) is 58.5 Å². The highest BCUT2D eigenvalue weighted by molar-refractivity contribution is 7.99. The molecule has 3 rings (SSSR count). The van der Waals surface area contributed by atoms with Crippen molar-refractivity contribution in [3.05, 3.63) is 64.4 Å². The van der Waals surface area contributed by atoms with E-state index < -0.39 is 5.97 Å². The molecule has 1 aromatic heterocycles. The monoisotopic (exact) mass is 469 g/mol. The third-order valence-corrected chi connectivity index (χ3v) is 5.91. The number of hydrogen-bond acceptors (Lipinski definition) is 7. The predicted molar refractivity (Wildman–Crippen MR) is 128 cm³/mol. The molecule has 0 aliphatic heterocycles. The summed E-state index contributed by atoms with van der Waals surface area (Å²) in [6.45, 7) is 0.885. The predicted octanol–water partition coefficient (Wildman–Crippen LogP) is 3.40. The number of carbonyl (C=O) groups excluding carboxylic acids is 2. The first-order chi connectivity index (χ1) is 16.0. The van der Waals surface area contributed by atoms with E-state index in [0.29, 0.717) is 59.1 Å². The van der Waals surface area contributed by atoms with E-state index in [2.05, 4.69) is 0 Å². The van der Waals surface area contributed by atoms with Gasteiger partial charge in [-0.05, 0) is 43.2 Å². The largest absolute Gasteiger partial charge is 0.493 e. The summed E-state index contributed by atoms with van der Waals surface area (Å²) in [5.74, 6) is 0.397. The number of nitrogens with two attached hydrogens (primary N) is 1. The Labute approximate surface area is 196 Å². The van der Waals surface area contributed by atoms with Gasteiger partial charge in [0, 0.05) is 18.7 Å². The average Bonchev–Trinajstić information content (AvgIpc) is 2.82. The summed E-state index contributed by atoms with van der Waals surface area (Å²) in [6.07, 6.45) is 2.59. The lowest BCUT2D eigenvalue weighted by Crippen LogP contribution is -2.24. The second-order valence-corrected chi connectivity index (χ2v) is 8.42. The number of aromatic nitrogens is 2. The average molecular weight is 470 g/mol. The van der Waals surface area contributed by atoms with E-state index in [1.807, 2.05) is 18.2 Å². The summed E-state index contributed by atoms with van der Waals surface area (Å²) in [6, 6.07) is 14.1. The van der Waals surface area contributed by atoms with Crippen LogP contribution < -0.4 is 16.0 Å². The van der Waals surface area contributed by atoms with Crippen LogP contribution in [0.5, 0.6) is 5.75 Å². The van der Waals surface area contributed by atoms with E-state index in [1.54, 1.807) is 34.9 Å². The fourth-order valence-corrected chi connectivity index (χ4v) is 4.17. The summed E-state index contributed by atoms with van der Waals surface area (Å²) in [5.41, 5.74) is 6.19. The Balaban J connectivity index is 1.66. The molecule has 0 spiro atoms. The lowest BCUT2D eigenvalue weighted by atomic mass is 10.2. The number of esters is 1. The fraction of sp³-hybridized carbons (Fsp3) is 0.333. The van der Waals surface area contributed by atoms with E-state index in [0.717, 1.165) is 12.8 Å². The standard InChI is InChI=1S/C24H27N3O5S/c1-31-23(30)17-8-7-9-18(16-17)32-14-15-33-24-26-20-11-5-4-10-19(20)22(29)27(24)13-6-2-3-12-21(25)28/h4-5,7-11,16H,2-3,6,12-15H2,1H3,(H2,25,28). The molecular weight excluding hydrogens is 442 g/mol. The Morgan fingerprint density at radius 3 is 2.70 bits per heavy atom. The van der Waals surface area contributed by atoms with Gasteiger partial charge in [-0.1, -0.05) is 36.4 Å². The van der Waals surface area contributed by atoms with Crippen molar-refractivity contribution in [1.82, 2.24) is 9.55 Å². The SMILES string of the molecule is COC(=O)c1cccc(OCCSc2nc3ccccc3c(=O)n2CCCCCC(N)=O)c1. The zero-order valence-electron chi connectivity index (χ0n) is 18.5. The summed E-state index contributed by atoms with van der Waals surface area (Å²) < 4.78 is 12.2. The van der Waals surface area contributed by atoms with Crippen LogP contribution in [0.2, 0.25) is 0 Å². The van der Waals surface area contributed by atoms with Crippen molar-refractivity contribution in [3.63, 3.8) is 0 Å². The van der Waals surface area contributed by atoms with Crippen molar-refractivity contribution >= 4 is 34.5 Å². The topological polar surface area (TPSA) is 114 Å². The van der Waals surface area contributed by atoms with Crippen molar-refractivity contribution in [2.45, 2.75) is 37.4 Å². The van der Waals surface area contributed by atoms with Gasteiger partial charge in [0.1, 0.15) is 5.75 Å². The van der Waals surface area contributed by atoms with E-state index >= 15 is 0 Å². The van der Waals surface area contributed by atoms with Gasteiger partial charge in [0.25, 0.3) is 5.56 Å². The number of para-hydroxylation sites is 1. The molecule has 0 unspecified atom stereocenters. The minimum absolute atomic E-state index is 0.0790. The van der Waals surface area contributed by atoms with Crippen molar-refractivity contribution in [2.24, 2.45) is 5.73 Å². The number of benzene rings is 2. The van der Waals surface area contributed by atoms with Crippen molar-refractivity contribution < 1.29 is 19.1 Å². The lowest BCUT2D eigenvalue weighted by molar-refractivity contribution is -0.118. The third kappa shape index (κ3) is 6.82. The number of rotatable bonds is 12. The Hall–Kier alpha value is -3.33.